The van der Waals surface area contributed by atoms with E-state index in [1.165, 1.54) is 36.4 Å². The van der Waals surface area contributed by atoms with Gasteiger partial charge in [0, 0.05) is 5.69 Å². The number of rotatable bonds is 4. The van der Waals surface area contributed by atoms with Gasteiger partial charge >= 0.3 is 0 Å². The van der Waals surface area contributed by atoms with Crippen molar-refractivity contribution >= 4 is 5.69 Å². The minimum Gasteiger partial charge on any atom is -0.377 e. The van der Waals surface area contributed by atoms with Gasteiger partial charge in [0.25, 0.3) is 6.43 Å². The summed E-state index contributed by atoms with van der Waals surface area (Å²) in [4.78, 5) is 3.70. The van der Waals surface area contributed by atoms with Crippen LogP contribution in [0.5, 0.6) is 0 Å². The van der Waals surface area contributed by atoms with Gasteiger partial charge in [0.1, 0.15) is 18.3 Å². The predicted molar refractivity (Wildman–Crippen MR) is 60.4 cm³/mol. The second-order valence-corrected chi connectivity index (χ2v) is 3.77. The Hall–Kier alpha value is -2.05. The maximum absolute atomic E-state index is 13.7. The van der Waals surface area contributed by atoms with Crippen molar-refractivity contribution < 1.29 is 13.2 Å². The second-order valence-electron chi connectivity index (χ2n) is 3.77. The van der Waals surface area contributed by atoms with E-state index in [4.69, 9.17) is 0 Å². The molecule has 0 aliphatic rings. The van der Waals surface area contributed by atoms with Crippen molar-refractivity contribution in [2.45, 2.75) is 19.4 Å². The molecule has 0 bridgehead atoms. The Balaban J connectivity index is 2.20. The largest absolute Gasteiger partial charge is 0.377 e. The quantitative estimate of drug-likeness (QED) is 0.913. The molecule has 2 rings (SSSR count). The SMILES string of the molecule is CC(Nc1ccc(-n2cncn2)c(F)c1)C(F)F. The first kappa shape index (κ1) is 12.4. The predicted octanol–water partition coefficient (Wildman–Crippen LogP) is 2.47. The number of anilines is 1. The molecule has 18 heavy (non-hydrogen) atoms. The van der Waals surface area contributed by atoms with Crippen molar-refractivity contribution in [2.24, 2.45) is 0 Å². The molecule has 1 aromatic carbocycles. The first-order valence-corrected chi connectivity index (χ1v) is 5.27. The van der Waals surface area contributed by atoms with E-state index in [0.29, 0.717) is 5.69 Å². The zero-order chi connectivity index (χ0) is 13.1. The zero-order valence-corrected chi connectivity index (χ0v) is 9.52. The molecular weight excluding hydrogens is 245 g/mol. The van der Waals surface area contributed by atoms with Gasteiger partial charge in [0.05, 0.1) is 6.04 Å². The van der Waals surface area contributed by atoms with E-state index >= 15 is 0 Å². The molecule has 4 nitrogen and oxygen atoms in total. The third kappa shape index (κ3) is 2.61. The second kappa shape index (κ2) is 5.07. The third-order valence-corrected chi connectivity index (χ3v) is 2.39. The molecule has 0 radical (unpaired) electrons. The Morgan fingerprint density at radius 1 is 1.33 bits per heavy atom. The highest BCUT2D eigenvalue weighted by molar-refractivity contribution is 5.50. The van der Waals surface area contributed by atoms with Crippen LogP contribution < -0.4 is 5.32 Å². The van der Waals surface area contributed by atoms with Crippen LogP contribution in [-0.2, 0) is 0 Å². The van der Waals surface area contributed by atoms with E-state index in [2.05, 4.69) is 15.4 Å². The normalized spacial score (nSPS) is 12.7. The van der Waals surface area contributed by atoms with Crippen LogP contribution >= 0.6 is 0 Å². The topological polar surface area (TPSA) is 42.7 Å². The van der Waals surface area contributed by atoms with Crippen LogP contribution in [0.3, 0.4) is 0 Å². The van der Waals surface area contributed by atoms with Gasteiger partial charge in [-0.1, -0.05) is 0 Å². The fourth-order valence-electron chi connectivity index (χ4n) is 1.44. The molecule has 1 unspecified atom stereocenters. The van der Waals surface area contributed by atoms with Crippen LogP contribution in [-0.4, -0.2) is 27.2 Å². The molecule has 7 heteroatoms. The molecule has 0 saturated heterocycles. The Labute approximate surface area is 101 Å². The van der Waals surface area contributed by atoms with Crippen LogP contribution in [0, 0.1) is 5.82 Å². The summed E-state index contributed by atoms with van der Waals surface area (Å²) in [6.07, 6.45) is 0.126. The van der Waals surface area contributed by atoms with Gasteiger partial charge in [0.15, 0.2) is 5.82 Å². The van der Waals surface area contributed by atoms with E-state index in [-0.39, 0.29) is 5.69 Å². The number of alkyl halides is 2. The molecule has 0 aliphatic heterocycles. The van der Waals surface area contributed by atoms with Gasteiger partial charge in [-0.3, -0.25) is 0 Å². The highest BCUT2D eigenvalue weighted by Gasteiger charge is 2.15. The standard InChI is InChI=1S/C11H11F3N4/c1-7(11(13)14)17-8-2-3-10(9(12)4-8)18-6-15-5-16-18/h2-7,11,17H,1H3. The summed E-state index contributed by atoms with van der Waals surface area (Å²) in [7, 11) is 0. The first-order chi connectivity index (χ1) is 8.58. The fraction of sp³-hybridized carbons (Fsp3) is 0.273. The van der Waals surface area contributed by atoms with Gasteiger partial charge < -0.3 is 5.32 Å². The lowest BCUT2D eigenvalue weighted by molar-refractivity contribution is 0.130. The van der Waals surface area contributed by atoms with Crippen LogP contribution in [0.4, 0.5) is 18.9 Å². The molecule has 0 spiro atoms. The van der Waals surface area contributed by atoms with Crippen LogP contribution in [0.25, 0.3) is 5.69 Å². The highest BCUT2D eigenvalue weighted by Crippen LogP contribution is 2.19. The number of nitrogens with one attached hydrogen (secondary N) is 1. The van der Waals surface area contributed by atoms with Gasteiger partial charge in [0.2, 0.25) is 0 Å². The Kier molecular flexibility index (Phi) is 3.50. The van der Waals surface area contributed by atoms with Crippen LogP contribution in [0.1, 0.15) is 6.92 Å². The van der Waals surface area contributed by atoms with E-state index in [9.17, 15) is 13.2 Å². The Bertz CT molecular complexity index is 513. The Morgan fingerprint density at radius 2 is 2.11 bits per heavy atom. The smallest absolute Gasteiger partial charge is 0.258 e. The van der Waals surface area contributed by atoms with Gasteiger partial charge in [-0.25, -0.2) is 22.8 Å². The van der Waals surface area contributed by atoms with E-state index < -0.39 is 18.3 Å². The average molecular weight is 256 g/mol. The van der Waals surface area contributed by atoms with Crippen molar-refractivity contribution in [3.05, 3.63) is 36.7 Å². The summed E-state index contributed by atoms with van der Waals surface area (Å²) in [6.45, 7) is 1.33. The van der Waals surface area contributed by atoms with Crippen molar-refractivity contribution in [1.82, 2.24) is 14.8 Å². The van der Waals surface area contributed by atoms with E-state index in [0.717, 1.165) is 6.07 Å². The van der Waals surface area contributed by atoms with E-state index in [1.54, 1.807) is 0 Å². The molecule has 0 fully saturated rings. The number of halogens is 3. The monoisotopic (exact) mass is 256 g/mol. The maximum atomic E-state index is 13.7. The van der Waals surface area contributed by atoms with Crippen molar-refractivity contribution in [3.8, 4) is 5.69 Å². The number of hydrogen-bond acceptors (Lipinski definition) is 3. The molecular formula is C11H11F3N4. The molecule has 1 N–H and O–H groups in total. The zero-order valence-electron chi connectivity index (χ0n) is 9.52. The van der Waals surface area contributed by atoms with Crippen LogP contribution in [0.15, 0.2) is 30.9 Å². The lowest BCUT2D eigenvalue weighted by atomic mass is 10.2. The summed E-state index contributed by atoms with van der Waals surface area (Å²) < 4.78 is 39.7. The molecule has 0 aliphatic carbocycles. The van der Waals surface area contributed by atoms with Crippen molar-refractivity contribution in [1.29, 1.82) is 0 Å². The highest BCUT2D eigenvalue weighted by atomic mass is 19.3. The molecule has 96 valence electrons. The minimum absolute atomic E-state index is 0.211. The summed E-state index contributed by atoms with van der Waals surface area (Å²) >= 11 is 0. The lowest BCUT2D eigenvalue weighted by Crippen LogP contribution is -2.23. The number of aromatic nitrogens is 3. The van der Waals surface area contributed by atoms with Gasteiger partial charge in [-0.15, -0.1) is 0 Å². The summed E-state index contributed by atoms with van der Waals surface area (Å²) in [5.74, 6) is -0.563. The minimum atomic E-state index is -2.51. The van der Waals surface area contributed by atoms with Gasteiger partial charge in [-0.2, -0.15) is 5.10 Å². The summed E-state index contributed by atoms with van der Waals surface area (Å²) in [5, 5.41) is 6.31. The van der Waals surface area contributed by atoms with Gasteiger partial charge in [-0.05, 0) is 25.1 Å². The number of nitrogens with zero attached hydrogens (tertiary/aromatic N) is 3. The van der Waals surface area contributed by atoms with E-state index in [1.807, 2.05) is 0 Å². The lowest BCUT2D eigenvalue weighted by Gasteiger charge is -2.14. The molecule has 1 aromatic heterocycles. The van der Waals surface area contributed by atoms with Crippen molar-refractivity contribution in [3.63, 3.8) is 0 Å². The van der Waals surface area contributed by atoms with Crippen LogP contribution in [0.2, 0.25) is 0 Å². The first-order valence-electron chi connectivity index (χ1n) is 5.27. The fourth-order valence-corrected chi connectivity index (χ4v) is 1.44. The third-order valence-electron chi connectivity index (χ3n) is 2.39. The number of hydrogen-bond donors (Lipinski definition) is 1. The number of benzene rings is 1. The molecule has 0 amide bonds. The molecule has 0 saturated carbocycles. The summed E-state index contributed by atoms with van der Waals surface area (Å²) in [5.41, 5.74) is 0.506. The Morgan fingerprint density at radius 3 is 2.67 bits per heavy atom. The maximum Gasteiger partial charge on any atom is 0.258 e. The van der Waals surface area contributed by atoms with Crippen molar-refractivity contribution in [2.75, 3.05) is 5.32 Å². The molecule has 2 aromatic rings. The molecule has 1 heterocycles. The summed E-state index contributed by atoms with van der Waals surface area (Å²) in [6, 6.07) is 3.07. The molecule has 1 atom stereocenters. The average Bonchev–Trinajstić information content (AvgIpc) is 2.82.